The molecule has 0 spiro atoms. The largest absolute Gasteiger partial charge is 0.481 e. The number of thioether (sulfide) groups is 1. The summed E-state index contributed by atoms with van der Waals surface area (Å²) in [5.41, 5.74) is 0.699. The maximum absolute atomic E-state index is 13.1. The lowest BCUT2D eigenvalue weighted by molar-refractivity contribution is -0.138. The van der Waals surface area contributed by atoms with Gasteiger partial charge in [-0.25, -0.2) is 4.98 Å². The molecule has 7 heteroatoms. The van der Waals surface area contributed by atoms with Gasteiger partial charge in [-0.1, -0.05) is 32.1 Å². The summed E-state index contributed by atoms with van der Waals surface area (Å²) in [7, 11) is 0. The molecule has 0 radical (unpaired) electrons. The fourth-order valence-electron chi connectivity index (χ4n) is 5.23. The van der Waals surface area contributed by atoms with Crippen LogP contribution in [-0.4, -0.2) is 46.3 Å². The van der Waals surface area contributed by atoms with Crippen LogP contribution in [0.2, 0.25) is 0 Å². The molecule has 1 amide bonds. The smallest absolute Gasteiger partial charge is 0.303 e. The fourth-order valence-corrected chi connectivity index (χ4v) is 6.55. The highest BCUT2D eigenvalue weighted by atomic mass is 32.2. The predicted octanol–water partition coefficient (Wildman–Crippen LogP) is 4.87. The maximum Gasteiger partial charge on any atom is 0.303 e. The van der Waals surface area contributed by atoms with E-state index in [1.807, 2.05) is 12.1 Å². The van der Waals surface area contributed by atoms with E-state index >= 15 is 0 Å². The quantitative estimate of drug-likeness (QED) is 0.623. The summed E-state index contributed by atoms with van der Waals surface area (Å²) in [6.07, 6.45) is 12.8. The number of carboxylic acids is 1. The maximum atomic E-state index is 13.1. The number of anilines is 1. The average Bonchev–Trinajstić information content (AvgIpc) is 3.27. The molecular weight excluding hydrogens is 410 g/mol. The van der Waals surface area contributed by atoms with Gasteiger partial charge in [-0.15, -0.1) is 11.8 Å². The number of hydrogen-bond acceptors (Lipinski definition) is 5. The van der Waals surface area contributed by atoms with Gasteiger partial charge in [0.25, 0.3) is 5.91 Å². The molecule has 1 aliphatic heterocycles. The van der Waals surface area contributed by atoms with E-state index in [0.29, 0.717) is 10.8 Å². The normalized spacial score (nSPS) is 23.1. The first-order valence-corrected chi connectivity index (χ1v) is 12.9. The van der Waals surface area contributed by atoms with E-state index in [-0.39, 0.29) is 24.3 Å². The van der Waals surface area contributed by atoms with Crippen LogP contribution >= 0.6 is 11.8 Å². The first-order valence-electron chi connectivity index (χ1n) is 12.0. The standard InChI is InChI=1S/C24H35N3O3S/c28-22(29)15-17-7-6-14-27(16-17)21-13-12-20(23(30)25-18-8-2-1-3-9-18)24(26-21)31-19-10-4-5-11-19/h12-13,17-19H,1-11,14-16H2,(H,25,30)(H,28,29). The minimum absolute atomic E-state index is 0.00819. The van der Waals surface area contributed by atoms with Crippen molar-refractivity contribution in [1.82, 2.24) is 10.3 Å². The number of pyridine rings is 1. The third kappa shape index (κ3) is 6.15. The molecule has 4 rings (SSSR count). The second kappa shape index (κ2) is 10.7. The van der Waals surface area contributed by atoms with E-state index in [0.717, 1.165) is 49.6 Å². The molecule has 2 saturated carbocycles. The van der Waals surface area contributed by atoms with Crippen molar-refractivity contribution in [2.75, 3.05) is 18.0 Å². The van der Waals surface area contributed by atoms with Gasteiger partial charge in [0.05, 0.1) is 5.56 Å². The molecule has 31 heavy (non-hydrogen) atoms. The van der Waals surface area contributed by atoms with Gasteiger partial charge in [0.1, 0.15) is 10.8 Å². The predicted molar refractivity (Wildman–Crippen MR) is 124 cm³/mol. The van der Waals surface area contributed by atoms with Crippen molar-refractivity contribution < 1.29 is 14.7 Å². The van der Waals surface area contributed by atoms with E-state index in [1.54, 1.807) is 11.8 Å². The highest BCUT2D eigenvalue weighted by molar-refractivity contribution is 7.99. The van der Waals surface area contributed by atoms with Crippen molar-refractivity contribution in [3.05, 3.63) is 17.7 Å². The van der Waals surface area contributed by atoms with E-state index in [9.17, 15) is 14.7 Å². The molecule has 1 atom stereocenters. The second-order valence-electron chi connectivity index (χ2n) is 9.41. The van der Waals surface area contributed by atoms with Gasteiger partial charge in [0, 0.05) is 30.8 Å². The Morgan fingerprint density at radius 1 is 1.03 bits per heavy atom. The lowest BCUT2D eigenvalue weighted by atomic mass is 9.95. The van der Waals surface area contributed by atoms with Crippen LogP contribution in [0.4, 0.5) is 5.82 Å². The molecule has 1 aromatic heterocycles. The summed E-state index contributed by atoms with van der Waals surface area (Å²) in [4.78, 5) is 31.5. The second-order valence-corrected chi connectivity index (χ2v) is 10.7. The Labute approximate surface area is 189 Å². The summed E-state index contributed by atoms with van der Waals surface area (Å²) in [5, 5.41) is 13.8. The molecule has 170 valence electrons. The number of aliphatic carboxylic acids is 1. The van der Waals surface area contributed by atoms with Gasteiger partial charge in [0.15, 0.2) is 0 Å². The van der Waals surface area contributed by atoms with Gasteiger partial charge in [0.2, 0.25) is 0 Å². The van der Waals surface area contributed by atoms with Crippen LogP contribution in [0.25, 0.3) is 0 Å². The molecule has 1 saturated heterocycles. The third-order valence-electron chi connectivity index (χ3n) is 6.92. The van der Waals surface area contributed by atoms with Gasteiger partial charge in [-0.2, -0.15) is 0 Å². The number of nitrogens with zero attached hydrogens (tertiary/aromatic N) is 2. The molecule has 1 unspecified atom stereocenters. The topological polar surface area (TPSA) is 82.5 Å². The summed E-state index contributed by atoms with van der Waals surface area (Å²) < 4.78 is 0. The highest BCUT2D eigenvalue weighted by Crippen LogP contribution is 2.37. The van der Waals surface area contributed by atoms with Crippen LogP contribution in [0.1, 0.15) is 87.4 Å². The molecule has 1 aromatic rings. The molecule has 2 aliphatic carbocycles. The molecule has 0 bridgehead atoms. The molecule has 0 aromatic carbocycles. The van der Waals surface area contributed by atoms with E-state index in [4.69, 9.17) is 4.98 Å². The molecule has 6 nitrogen and oxygen atoms in total. The Balaban J connectivity index is 1.52. The molecule has 2 heterocycles. The summed E-state index contributed by atoms with van der Waals surface area (Å²) in [5.74, 6) is 0.318. The summed E-state index contributed by atoms with van der Waals surface area (Å²) >= 11 is 1.77. The number of nitrogens with one attached hydrogen (secondary N) is 1. The van der Waals surface area contributed by atoms with Crippen molar-refractivity contribution in [3.63, 3.8) is 0 Å². The minimum Gasteiger partial charge on any atom is -0.481 e. The minimum atomic E-state index is -0.730. The van der Waals surface area contributed by atoms with Crippen LogP contribution < -0.4 is 10.2 Å². The van der Waals surface area contributed by atoms with Crippen molar-refractivity contribution in [1.29, 1.82) is 0 Å². The van der Waals surface area contributed by atoms with Crippen LogP contribution in [0, 0.1) is 5.92 Å². The van der Waals surface area contributed by atoms with Gasteiger partial charge in [-0.05, 0) is 56.6 Å². The first-order chi connectivity index (χ1) is 15.1. The van der Waals surface area contributed by atoms with Crippen LogP contribution in [0.5, 0.6) is 0 Å². The van der Waals surface area contributed by atoms with Crippen molar-refractivity contribution in [2.24, 2.45) is 5.92 Å². The molecule has 2 N–H and O–H groups in total. The fraction of sp³-hybridized carbons (Fsp3) is 0.708. The highest BCUT2D eigenvalue weighted by Gasteiger charge is 2.27. The van der Waals surface area contributed by atoms with Crippen molar-refractivity contribution in [2.45, 2.75) is 93.4 Å². The number of carbonyl (C=O) groups excluding carboxylic acids is 1. The van der Waals surface area contributed by atoms with Crippen LogP contribution in [0.3, 0.4) is 0 Å². The number of aromatic nitrogens is 1. The number of rotatable bonds is 7. The average molecular weight is 446 g/mol. The molecule has 3 aliphatic rings. The van der Waals surface area contributed by atoms with Gasteiger partial charge in [-0.3, -0.25) is 9.59 Å². The number of carbonyl (C=O) groups is 2. The summed E-state index contributed by atoms with van der Waals surface area (Å²) in [6.45, 7) is 1.62. The zero-order valence-corrected chi connectivity index (χ0v) is 19.2. The lowest BCUT2D eigenvalue weighted by Crippen LogP contribution is -2.38. The van der Waals surface area contributed by atoms with E-state index in [2.05, 4.69) is 10.2 Å². The Kier molecular flexibility index (Phi) is 7.75. The Morgan fingerprint density at radius 2 is 1.77 bits per heavy atom. The zero-order chi connectivity index (χ0) is 21.6. The molecular formula is C24H35N3O3S. The number of carboxylic acid groups (broad SMARTS) is 1. The van der Waals surface area contributed by atoms with Crippen molar-refractivity contribution >= 4 is 29.5 Å². The molecule has 3 fully saturated rings. The van der Waals surface area contributed by atoms with Gasteiger partial charge >= 0.3 is 5.97 Å². The third-order valence-corrected chi connectivity index (χ3v) is 8.26. The first kappa shape index (κ1) is 22.4. The van der Waals surface area contributed by atoms with Crippen LogP contribution in [-0.2, 0) is 4.79 Å². The number of amides is 1. The lowest BCUT2D eigenvalue weighted by Gasteiger charge is -2.33. The monoisotopic (exact) mass is 445 g/mol. The number of hydrogen-bond donors (Lipinski definition) is 2. The van der Waals surface area contributed by atoms with Crippen molar-refractivity contribution in [3.8, 4) is 0 Å². The van der Waals surface area contributed by atoms with Crippen LogP contribution in [0.15, 0.2) is 17.2 Å². The summed E-state index contributed by atoms with van der Waals surface area (Å²) in [6, 6.07) is 4.18. The van der Waals surface area contributed by atoms with E-state index < -0.39 is 5.97 Å². The number of piperidine rings is 1. The zero-order valence-electron chi connectivity index (χ0n) is 18.4. The Bertz CT molecular complexity index is 775. The van der Waals surface area contributed by atoms with E-state index in [1.165, 1.54) is 44.9 Å². The Morgan fingerprint density at radius 3 is 2.52 bits per heavy atom. The SMILES string of the molecule is O=C(O)CC1CCCN(c2ccc(C(=O)NC3CCCCC3)c(SC3CCCC3)n2)C1. The van der Waals surface area contributed by atoms with Gasteiger partial charge < -0.3 is 15.3 Å². The Hall–Kier alpha value is -1.76.